The Kier molecular flexibility index (Phi) is 6.61. The first-order valence-electron chi connectivity index (χ1n) is 9.31. The van der Waals surface area contributed by atoms with Crippen LogP contribution >= 0.6 is 0 Å². The summed E-state index contributed by atoms with van der Waals surface area (Å²) in [6.07, 6.45) is -6.14. The van der Waals surface area contributed by atoms with Crippen LogP contribution in [-0.4, -0.2) is 42.8 Å². The topological polar surface area (TPSA) is 84.9 Å². The third-order valence-electron chi connectivity index (χ3n) is 4.84. The van der Waals surface area contributed by atoms with Gasteiger partial charge in [0.1, 0.15) is 12.6 Å². The second-order valence-corrected chi connectivity index (χ2v) is 6.80. The van der Waals surface area contributed by atoms with Crippen molar-refractivity contribution in [1.82, 2.24) is 5.32 Å². The number of amides is 1. The van der Waals surface area contributed by atoms with Gasteiger partial charge in [-0.25, -0.2) is 9.59 Å². The van der Waals surface area contributed by atoms with E-state index in [2.05, 4.69) is 10.1 Å². The lowest BCUT2D eigenvalue weighted by Crippen LogP contribution is -2.41. The number of rotatable bonds is 8. The molecule has 1 aliphatic rings. The molecule has 6 nitrogen and oxygen atoms in total. The second-order valence-electron chi connectivity index (χ2n) is 6.80. The number of nitrogens with one attached hydrogen (secondary N) is 1. The number of ether oxygens (including phenoxy) is 2. The smallest absolute Gasteiger partial charge is 0.480 e. The largest absolute Gasteiger partial charge is 0.522 e. The van der Waals surface area contributed by atoms with E-state index in [1.165, 1.54) is 0 Å². The van der Waals surface area contributed by atoms with Crippen LogP contribution in [0.5, 0.6) is 0 Å². The predicted molar refractivity (Wildman–Crippen MR) is 101 cm³/mol. The first-order valence-corrected chi connectivity index (χ1v) is 9.31. The fourth-order valence-electron chi connectivity index (χ4n) is 3.52. The number of halogens is 3. The van der Waals surface area contributed by atoms with Crippen molar-refractivity contribution in [3.8, 4) is 11.1 Å². The first kappa shape index (κ1) is 21.6. The van der Waals surface area contributed by atoms with Gasteiger partial charge in [0.15, 0.2) is 0 Å². The summed E-state index contributed by atoms with van der Waals surface area (Å²) in [4.78, 5) is 23.4. The zero-order chi connectivity index (χ0) is 21.7. The molecule has 9 heteroatoms. The summed E-state index contributed by atoms with van der Waals surface area (Å²) in [5, 5.41) is 11.4. The quantitative estimate of drug-likeness (QED) is 0.619. The predicted octanol–water partition coefficient (Wildman–Crippen LogP) is 4.29. The number of hydrogen-bond acceptors (Lipinski definition) is 4. The molecule has 0 saturated heterocycles. The first-order chi connectivity index (χ1) is 14.3. The number of carboxylic acids is 1. The molecular weight excluding hydrogens is 403 g/mol. The Morgan fingerprint density at radius 1 is 1.03 bits per heavy atom. The molecule has 0 saturated carbocycles. The van der Waals surface area contributed by atoms with E-state index in [4.69, 9.17) is 4.74 Å². The molecule has 2 aromatic carbocycles. The summed E-state index contributed by atoms with van der Waals surface area (Å²) in [5.41, 5.74) is 4.11. The monoisotopic (exact) mass is 423 g/mol. The van der Waals surface area contributed by atoms with Gasteiger partial charge in [-0.1, -0.05) is 48.5 Å². The van der Waals surface area contributed by atoms with Crippen LogP contribution in [-0.2, 0) is 14.3 Å². The molecule has 0 bridgehead atoms. The van der Waals surface area contributed by atoms with E-state index in [-0.39, 0.29) is 25.4 Å². The van der Waals surface area contributed by atoms with Gasteiger partial charge < -0.3 is 15.2 Å². The maximum absolute atomic E-state index is 12.1. The standard InChI is InChI=1S/C21H20F3NO5/c22-21(23,24)30-11-5-10-18(19(26)27)25-20(28)29-12-17-15-8-3-1-6-13(15)14-7-2-4-9-16(14)17/h1-4,6-9,17-18H,5,10-12H2,(H,25,28)(H,26,27). The van der Waals surface area contributed by atoms with Crippen molar-refractivity contribution in [3.05, 3.63) is 59.7 Å². The van der Waals surface area contributed by atoms with Crippen LogP contribution in [0.25, 0.3) is 11.1 Å². The SMILES string of the molecule is O=C(NC(CCCOC(F)(F)F)C(=O)O)OCC1c2ccccc2-c2ccccc21. The lowest BCUT2D eigenvalue weighted by Gasteiger charge is -2.17. The highest BCUT2D eigenvalue weighted by molar-refractivity contribution is 5.81. The van der Waals surface area contributed by atoms with Gasteiger partial charge in [0.05, 0.1) is 6.61 Å². The molecule has 30 heavy (non-hydrogen) atoms. The van der Waals surface area contributed by atoms with E-state index in [0.29, 0.717) is 0 Å². The molecular formula is C21H20F3NO5. The van der Waals surface area contributed by atoms with Crippen LogP contribution < -0.4 is 5.32 Å². The van der Waals surface area contributed by atoms with Gasteiger partial charge in [-0.3, -0.25) is 4.74 Å². The number of carbonyl (C=O) groups excluding carboxylic acids is 1. The number of aliphatic carboxylic acids is 1. The molecule has 0 heterocycles. The highest BCUT2D eigenvalue weighted by Crippen LogP contribution is 2.44. The van der Waals surface area contributed by atoms with E-state index in [1.807, 2.05) is 48.5 Å². The van der Waals surface area contributed by atoms with Crippen molar-refractivity contribution in [3.63, 3.8) is 0 Å². The van der Waals surface area contributed by atoms with Crippen molar-refractivity contribution in [2.24, 2.45) is 0 Å². The number of carboxylic acid groups (broad SMARTS) is 1. The minimum absolute atomic E-state index is 0.00336. The molecule has 0 aliphatic heterocycles. The van der Waals surface area contributed by atoms with Gasteiger partial charge in [-0.15, -0.1) is 13.2 Å². The fraction of sp³-hybridized carbons (Fsp3) is 0.333. The molecule has 1 unspecified atom stereocenters. The second kappa shape index (κ2) is 9.17. The molecule has 1 amide bonds. The summed E-state index contributed by atoms with van der Waals surface area (Å²) in [6, 6.07) is 14.1. The Bertz CT molecular complexity index is 870. The van der Waals surface area contributed by atoms with Gasteiger partial charge >= 0.3 is 18.4 Å². The van der Waals surface area contributed by atoms with Gasteiger partial charge in [0.2, 0.25) is 0 Å². The molecule has 1 atom stereocenters. The molecule has 160 valence electrons. The number of fused-ring (bicyclic) bond motifs is 3. The molecule has 0 aromatic heterocycles. The number of hydrogen-bond donors (Lipinski definition) is 2. The summed E-state index contributed by atoms with van der Waals surface area (Å²) in [5.74, 6) is -1.55. The van der Waals surface area contributed by atoms with E-state index >= 15 is 0 Å². The zero-order valence-electron chi connectivity index (χ0n) is 15.8. The van der Waals surface area contributed by atoms with E-state index in [1.54, 1.807) is 0 Å². The number of alkyl halides is 3. The number of benzene rings is 2. The third-order valence-corrected chi connectivity index (χ3v) is 4.84. The van der Waals surface area contributed by atoms with Crippen LogP contribution in [0.2, 0.25) is 0 Å². The molecule has 2 aromatic rings. The minimum atomic E-state index is -4.78. The molecule has 2 N–H and O–H groups in total. The van der Waals surface area contributed by atoms with Gasteiger partial charge in [-0.05, 0) is 35.1 Å². The van der Waals surface area contributed by atoms with Gasteiger partial charge in [0, 0.05) is 5.92 Å². The molecule has 1 aliphatic carbocycles. The van der Waals surface area contributed by atoms with Crippen LogP contribution in [0, 0.1) is 0 Å². The summed E-state index contributed by atoms with van der Waals surface area (Å²) >= 11 is 0. The van der Waals surface area contributed by atoms with Crippen molar-refractivity contribution in [1.29, 1.82) is 0 Å². The molecule has 0 radical (unpaired) electrons. The Morgan fingerprint density at radius 3 is 2.13 bits per heavy atom. The van der Waals surface area contributed by atoms with Crippen LogP contribution in [0.15, 0.2) is 48.5 Å². The van der Waals surface area contributed by atoms with E-state index in [0.717, 1.165) is 22.3 Å². The third kappa shape index (κ3) is 5.29. The van der Waals surface area contributed by atoms with Crippen LogP contribution in [0.3, 0.4) is 0 Å². The summed E-state index contributed by atoms with van der Waals surface area (Å²) in [6.45, 7) is -0.691. The van der Waals surface area contributed by atoms with Gasteiger partial charge in [0.25, 0.3) is 0 Å². The van der Waals surface area contributed by atoms with Gasteiger partial charge in [-0.2, -0.15) is 0 Å². The highest BCUT2D eigenvalue weighted by atomic mass is 19.4. The maximum Gasteiger partial charge on any atom is 0.522 e. The molecule has 0 spiro atoms. The number of alkyl carbamates (subject to hydrolysis) is 1. The zero-order valence-corrected chi connectivity index (χ0v) is 15.8. The van der Waals surface area contributed by atoms with Crippen molar-refractivity contribution in [2.75, 3.05) is 13.2 Å². The van der Waals surface area contributed by atoms with Crippen LogP contribution in [0.4, 0.5) is 18.0 Å². The molecule has 3 rings (SSSR count). The highest BCUT2D eigenvalue weighted by Gasteiger charge is 2.31. The van der Waals surface area contributed by atoms with Crippen molar-refractivity contribution < 1.29 is 37.3 Å². The van der Waals surface area contributed by atoms with E-state index in [9.17, 15) is 27.9 Å². The minimum Gasteiger partial charge on any atom is -0.480 e. The van der Waals surface area contributed by atoms with Crippen molar-refractivity contribution >= 4 is 12.1 Å². The summed E-state index contributed by atoms with van der Waals surface area (Å²) < 4.78 is 44.8. The normalized spacial score (nSPS) is 14.0. The van der Waals surface area contributed by atoms with Crippen LogP contribution in [0.1, 0.15) is 29.9 Å². The lowest BCUT2D eigenvalue weighted by atomic mass is 9.98. The average molecular weight is 423 g/mol. The Labute approximate surface area is 170 Å². The molecule has 0 fully saturated rings. The Morgan fingerprint density at radius 2 is 1.60 bits per heavy atom. The average Bonchev–Trinajstić information content (AvgIpc) is 3.01. The fourth-order valence-corrected chi connectivity index (χ4v) is 3.52. The van der Waals surface area contributed by atoms with Crippen molar-refractivity contribution in [2.45, 2.75) is 31.2 Å². The Balaban J connectivity index is 1.56. The maximum atomic E-state index is 12.1. The Hall–Kier alpha value is -3.07. The van der Waals surface area contributed by atoms with E-state index < -0.39 is 31.1 Å². The number of carbonyl (C=O) groups is 2. The summed E-state index contributed by atoms with van der Waals surface area (Å²) in [7, 11) is 0. The lowest BCUT2D eigenvalue weighted by molar-refractivity contribution is -0.324.